The number of carbonyl (C=O) groups excluding carboxylic acids is 1. The van der Waals surface area contributed by atoms with Crippen LogP contribution in [0.1, 0.15) is 49.7 Å². The van der Waals surface area contributed by atoms with Gasteiger partial charge in [0.15, 0.2) is 0 Å². The Kier molecular flexibility index (Phi) is 6.29. The molecule has 31 heavy (non-hydrogen) atoms. The zero-order chi connectivity index (χ0) is 22.0. The number of rotatable bonds is 6. The van der Waals surface area contributed by atoms with Crippen LogP contribution in [-0.2, 0) is 14.8 Å². The topological polar surface area (TPSA) is 88.6 Å². The van der Waals surface area contributed by atoms with Gasteiger partial charge in [-0.1, -0.05) is 23.8 Å². The fourth-order valence-corrected chi connectivity index (χ4v) is 5.50. The first-order valence-electron chi connectivity index (χ1n) is 10.8. The minimum atomic E-state index is -3.52. The van der Waals surface area contributed by atoms with E-state index in [1.165, 1.54) is 0 Å². The van der Waals surface area contributed by atoms with Crippen molar-refractivity contribution in [2.45, 2.75) is 62.5 Å². The van der Waals surface area contributed by atoms with Crippen molar-refractivity contribution in [3.63, 3.8) is 0 Å². The molecular weight excluding hydrogens is 414 g/mol. The van der Waals surface area contributed by atoms with Crippen LogP contribution in [-0.4, -0.2) is 49.4 Å². The molecule has 0 atom stereocenters. The Morgan fingerprint density at radius 3 is 2.45 bits per heavy atom. The van der Waals surface area contributed by atoms with E-state index in [4.69, 9.17) is 4.74 Å². The normalized spacial score (nSPS) is 22.1. The van der Waals surface area contributed by atoms with E-state index >= 15 is 0 Å². The van der Waals surface area contributed by atoms with Crippen LogP contribution in [0.4, 0.5) is 0 Å². The average molecular weight is 444 g/mol. The minimum absolute atomic E-state index is 0.0586. The van der Waals surface area contributed by atoms with Crippen LogP contribution in [0.25, 0.3) is 0 Å². The number of likely N-dealkylation sites (tertiary alicyclic amines) is 1. The van der Waals surface area contributed by atoms with Crippen molar-refractivity contribution in [3.8, 4) is 5.88 Å². The molecule has 1 saturated carbocycles. The molecule has 1 saturated heterocycles. The second kappa shape index (κ2) is 8.96. The maximum atomic E-state index is 12.6. The van der Waals surface area contributed by atoms with Crippen LogP contribution < -0.4 is 9.46 Å². The van der Waals surface area contributed by atoms with Crippen LogP contribution in [0, 0.1) is 6.92 Å². The van der Waals surface area contributed by atoms with Gasteiger partial charge in [-0.3, -0.25) is 4.79 Å². The lowest BCUT2D eigenvalue weighted by molar-refractivity contribution is -0.129. The van der Waals surface area contributed by atoms with E-state index in [9.17, 15) is 13.2 Å². The molecule has 1 amide bonds. The molecule has 7 nitrogen and oxygen atoms in total. The largest absolute Gasteiger partial charge is 0.474 e. The maximum Gasteiger partial charge on any atom is 0.240 e. The second-order valence-corrected chi connectivity index (χ2v) is 10.2. The molecule has 1 N–H and O–H groups in total. The van der Waals surface area contributed by atoms with Gasteiger partial charge < -0.3 is 9.64 Å². The van der Waals surface area contributed by atoms with Gasteiger partial charge in [0.1, 0.15) is 6.10 Å². The molecule has 1 aliphatic carbocycles. The summed E-state index contributed by atoms with van der Waals surface area (Å²) in [7, 11) is -3.52. The van der Waals surface area contributed by atoms with E-state index < -0.39 is 10.0 Å². The number of hydrogen-bond acceptors (Lipinski definition) is 5. The predicted molar refractivity (Wildman–Crippen MR) is 117 cm³/mol. The third-order valence-electron chi connectivity index (χ3n) is 6.21. The molecule has 2 fully saturated rings. The Morgan fingerprint density at radius 1 is 1.13 bits per heavy atom. The van der Waals surface area contributed by atoms with Gasteiger partial charge in [0, 0.05) is 50.7 Å². The first kappa shape index (κ1) is 21.8. The average Bonchev–Trinajstić information content (AvgIpc) is 2.73. The van der Waals surface area contributed by atoms with Crippen LogP contribution in [0.15, 0.2) is 47.5 Å². The summed E-state index contributed by atoms with van der Waals surface area (Å²) in [4.78, 5) is 18.2. The molecule has 2 aliphatic rings. The number of pyridine rings is 1. The van der Waals surface area contributed by atoms with Crippen LogP contribution >= 0.6 is 0 Å². The highest BCUT2D eigenvalue weighted by Crippen LogP contribution is 2.35. The highest BCUT2D eigenvalue weighted by molar-refractivity contribution is 7.89. The van der Waals surface area contributed by atoms with Gasteiger partial charge in [-0.05, 0) is 43.9 Å². The van der Waals surface area contributed by atoms with Gasteiger partial charge >= 0.3 is 0 Å². The molecule has 0 spiro atoms. The zero-order valence-corrected chi connectivity index (χ0v) is 18.8. The smallest absolute Gasteiger partial charge is 0.240 e. The summed E-state index contributed by atoms with van der Waals surface area (Å²) < 4.78 is 34.0. The first-order chi connectivity index (χ1) is 14.8. The summed E-state index contributed by atoms with van der Waals surface area (Å²) in [6.45, 7) is 5.04. The Balaban J connectivity index is 1.33. The Labute approximate surface area is 183 Å². The summed E-state index contributed by atoms with van der Waals surface area (Å²) in [5, 5.41) is 0. The van der Waals surface area contributed by atoms with E-state index in [0.29, 0.717) is 24.6 Å². The lowest BCUT2D eigenvalue weighted by Gasteiger charge is -2.36. The third-order valence-corrected chi connectivity index (χ3v) is 7.74. The molecule has 2 heterocycles. The number of sulfonamides is 1. The van der Waals surface area contributed by atoms with Gasteiger partial charge in [-0.2, -0.15) is 0 Å². The van der Waals surface area contributed by atoms with Crippen molar-refractivity contribution in [2.75, 3.05) is 13.1 Å². The molecule has 4 rings (SSSR count). The molecule has 0 bridgehead atoms. The summed E-state index contributed by atoms with van der Waals surface area (Å²) in [6.07, 6.45) is 4.68. The van der Waals surface area contributed by atoms with Crippen molar-refractivity contribution in [1.29, 1.82) is 0 Å². The first-order valence-corrected chi connectivity index (χ1v) is 12.3. The SMILES string of the molecule is CC(=O)N1CCC(c2cccnc2O[C@H]2C[C@H](NS(=O)(=O)c3ccc(C)cc3)C2)CC1. The molecule has 0 radical (unpaired) electrons. The van der Waals surface area contributed by atoms with E-state index in [1.54, 1.807) is 37.4 Å². The molecule has 0 unspecified atom stereocenters. The number of aromatic nitrogens is 1. The lowest BCUT2D eigenvalue weighted by atomic mass is 9.88. The number of hydrogen-bond donors (Lipinski definition) is 1. The number of carbonyl (C=O) groups is 1. The van der Waals surface area contributed by atoms with Gasteiger partial charge in [-0.25, -0.2) is 18.1 Å². The number of nitrogens with zero attached hydrogens (tertiary/aromatic N) is 2. The van der Waals surface area contributed by atoms with Gasteiger partial charge in [0.05, 0.1) is 4.90 Å². The summed E-state index contributed by atoms with van der Waals surface area (Å²) in [5.74, 6) is 1.07. The highest BCUT2D eigenvalue weighted by Gasteiger charge is 2.35. The number of ether oxygens (including phenoxy) is 1. The Hall–Kier alpha value is -2.45. The standard InChI is InChI=1S/C23H29N3O4S/c1-16-5-7-21(8-6-16)31(28,29)25-19-14-20(15-19)30-23-22(4-3-11-24-23)18-9-12-26(13-10-18)17(2)27/h3-8,11,18-20,25H,9-10,12-15H2,1-2H3/t19-,20-. The van der Waals surface area contributed by atoms with Gasteiger partial charge in [0.25, 0.3) is 0 Å². The molecule has 1 aromatic carbocycles. The summed E-state index contributed by atoms with van der Waals surface area (Å²) >= 11 is 0. The number of nitrogens with one attached hydrogen (secondary N) is 1. The Bertz CT molecular complexity index is 1030. The molecular formula is C23H29N3O4S. The fraction of sp³-hybridized carbons (Fsp3) is 0.478. The van der Waals surface area contributed by atoms with Crippen LogP contribution in [0.2, 0.25) is 0 Å². The number of piperidine rings is 1. The molecule has 8 heteroatoms. The van der Waals surface area contributed by atoms with Crippen LogP contribution in [0.3, 0.4) is 0 Å². The second-order valence-electron chi connectivity index (χ2n) is 8.52. The third kappa shape index (κ3) is 5.07. The minimum Gasteiger partial charge on any atom is -0.474 e. The Morgan fingerprint density at radius 2 is 1.81 bits per heavy atom. The van der Waals surface area contributed by atoms with Crippen molar-refractivity contribution in [1.82, 2.24) is 14.6 Å². The number of amides is 1. The van der Waals surface area contributed by atoms with Gasteiger partial charge in [-0.15, -0.1) is 0 Å². The highest BCUT2D eigenvalue weighted by atomic mass is 32.2. The van der Waals surface area contributed by atoms with E-state index in [1.807, 2.05) is 24.0 Å². The maximum absolute atomic E-state index is 12.6. The van der Waals surface area contributed by atoms with Crippen LogP contribution in [0.5, 0.6) is 5.88 Å². The van der Waals surface area contributed by atoms with Crippen molar-refractivity contribution < 1.29 is 17.9 Å². The number of benzene rings is 1. The van der Waals surface area contributed by atoms with Gasteiger partial charge in [0.2, 0.25) is 21.8 Å². The van der Waals surface area contributed by atoms with Crippen molar-refractivity contribution >= 4 is 15.9 Å². The molecule has 2 aromatic rings. The van der Waals surface area contributed by atoms with E-state index in [2.05, 4.69) is 9.71 Å². The molecule has 1 aromatic heterocycles. The van der Waals surface area contributed by atoms with E-state index in [-0.39, 0.29) is 22.9 Å². The van der Waals surface area contributed by atoms with Crippen molar-refractivity contribution in [3.05, 3.63) is 53.7 Å². The molecule has 166 valence electrons. The summed E-state index contributed by atoms with van der Waals surface area (Å²) in [6, 6.07) is 10.7. The molecule has 1 aliphatic heterocycles. The summed E-state index contributed by atoms with van der Waals surface area (Å²) in [5.41, 5.74) is 2.10. The monoisotopic (exact) mass is 443 g/mol. The lowest BCUT2D eigenvalue weighted by Crippen LogP contribution is -2.49. The quantitative estimate of drug-likeness (QED) is 0.741. The van der Waals surface area contributed by atoms with E-state index in [0.717, 1.165) is 37.1 Å². The zero-order valence-electron chi connectivity index (χ0n) is 18.0. The number of aryl methyl sites for hydroxylation is 1. The predicted octanol–water partition coefficient (Wildman–Crippen LogP) is 3.00. The van der Waals surface area contributed by atoms with Crippen molar-refractivity contribution in [2.24, 2.45) is 0 Å². The fourth-order valence-electron chi connectivity index (χ4n) is 4.24.